The third kappa shape index (κ3) is 4.17. The molecule has 0 unspecified atom stereocenters. The van der Waals surface area contributed by atoms with Gasteiger partial charge >= 0.3 is 0 Å². The first-order chi connectivity index (χ1) is 7.96. The minimum atomic E-state index is -1.15. The van der Waals surface area contributed by atoms with Crippen LogP contribution in [-0.2, 0) is 9.53 Å². The lowest BCUT2D eigenvalue weighted by Gasteiger charge is -2.26. The van der Waals surface area contributed by atoms with E-state index in [0.29, 0.717) is 12.2 Å². The number of hydrogen-bond acceptors (Lipinski definition) is 3. The zero-order valence-corrected chi connectivity index (χ0v) is 10.4. The molecule has 4 nitrogen and oxygen atoms in total. The Morgan fingerprint density at radius 3 is 2.53 bits per heavy atom. The molecule has 4 heteroatoms. The van der Waals surface area contributed by atoms with Crippen LogP contribution in [0, 0.1) is 0 Å². The number of aliphatic hydroxyl groups is 1. The summed E-state index contributed by atoms with van der Waals surface area (Å²) in [5.74, 6) is -0.418. The monoisotopic (exact) mass is 237 g/mol. The van der Waals surface area contributed by atoms with Gasteiger partial charge in [-0.2, -0.15) is 0 Å². The molecule has 0 spiro atoms. The Kier molecular flexibility index (Phi) is 4.66. The molecular formula is C13H19NO3. The summed E-state index contributed by atoms with van der Waals surface area (Å²) in [5.41, 5.74) is 0.0833. The molecule has 0 saturated carbocycles. The molecule has 0 fully saturated rings. The fourth-order valence-electron chi connectivity index (χ4n) is 1.59. The average Bonchev–Trinajstić information content (AvgIpc) is 2.28. The number of rotatable bonds is 5. The Morgan fingerprint density at radius 1 is 1.41 bits per heavy atom. The first kappa shape index (κ1) is 13.7. The second-order valence-electron chi connectivity index (χ2n) is 4.62. The topological polar surface area (TPSA) is 58.6 Å². The standard InChI is InChI=1S/C13H19NO3/c1-13(2,9-17-3)14-12(16)11(15)10-7-5-4-6-8-10/h4-8,11,15H,9H2,1-3H3,(H,14,16)/t11-/m0/s1. The molecule has 0 aliphatic heterocycles. The van der Waals surface area contributed by atoms with Gasteiger partial charge in [-0.25, -0.2) is 0 Å². The van der Waals surface area contributed by atoms with Gasteiger partial charge in [0.15, 0.2) is 6.10 Å². The zero-order valence-electron chi connectivity index (χ0n) is 10.4. The Balaban J connectivity index is 2.65. The summed E-state index contributed by atoms with van der Waals surface area (Å²) in [5, 5.41) is 12.6. The highest BCUT2D eigenvalue weighted by Crippen LogP contribution is 2.14. The molecule has 1 aromatic carbocycles. The average molecular weight is 237 g/mol. The van der Waals surface area contributed by atoms with E-state index < -0.39 is 17.6 Å². The molecule has 1 amide bonds. The van der Waals surface area contributed by atoms with Gasteiger partial charge < -0.3 is 15.2 Å². The largest absolute Gasteiger partial charge is 0.382 e. The SMILES string of the molecule is COCC(C)(C)NC(=O)[C@@H](O)c1ccccc1. The Labute approximate surface area is 102 Å². The third-order valence-electron chi connectivity index (χ3n) is 2.33. The number of methoxy groups -OCH3 is 1. The van der Waals surface area contributed by atoms with Gasteiger partial charge in [0.25, 0.3) is 5.91 Å². The van der Waals surface area contributed by atoms with E-state index in [9.17, 15) is 9.90 Å². The molecule has 94 valence electrons. The molecule has 1 aromatic rings. The van der Waals surface area contributed by atoms with Crippen molar-refractivity contribution in [3.63, 3.8) is 0 Å². The lowest BCUT2D eigenvalue weighted by molar-refractivity contribution is -0.131. The van der Waals surface area contributed by atoms with Gasteiger partial charge in [-0.3, -0.25) is 4.79 Å². The van der Waals surface area contributed by atoms with Crippen LogP contribution in [0.25, 0.3) is 0 Å². The number of nitrogens with one attached hydrogen (secondary N) is 1. The third-order valence-corrected chi connectivity index (χ3v) is 2.33. The summed E-state index contributed by atoms with van der Waals surface area (Å²) in [7, 11) is 1.57. The summed E-state index contributed by atoms with van der Waals surface area (Å²) in [4.78, 5) is 11.8. The van der Waals surface area contributed by atoms with E-state index in [4.69, 9.17) is 4.74 Å². The molecule has 1 rings (SSSR count). The van der Waals surface area contributed by atoms with Gasteiger partial charge in [0, 0.05) is 7.11 Å². The van der Waals surface area contributed by atoms with E-state index >= 15 is 0 Å². The van der Waals surface area contributed by atoms with E-state index in [1.54, 1.807) is 31.4 Å². The molecule has 0 bridgehead atoms. The van der Waals surface area contributed by atoms with Crippen molar-refractivity contribution in [1.82, 2.24) is 5.32 Å². The van der Waals surface area contributed by atoms with Crippen LogP contribution in [0.5, 0.6) is 0 Å². The first-order valence-electron chi connectivity index (χ1n) is 5.50. The van der Waals surface area contributed by atoms with E-state index in [-0.39, 0.29) is 0 Å². The number of carbonyl (C=O) groups excluding carboxylic acids is 1. The van der Waals surface area contributed by atoms with Crippen molar-refractivity contribution < 1.29 is 14.6 Å². The van der Waals surface area contributed by atoms with Crippen molar-refractivity contribution >= 4 is 5.91 Å². The Bertz CT molecular complexity index is 362. The van der Waals surface area contributed by atoms with Gasteiger partial charge in [-0.05, 0) is 19.4 Å². The maximum atomic E-state index is 11.8. The van der Waals surface area contributed by atoms with Gasteiger partial charge in [0.1, 0.15) is 0 Å². The minimum Gasteiger partial charge on any atom is -0.382 e. The van der Waals surface area contributed by atoms with Crippen LogP contribution in [0.15, 0.2) is 30.3 Å². The molecular weight excluding hydrogens is 218 g/mol. The van der Waals surface area contributed by atoms with Crippen molar-refractivity contribution in [2.45, 2.75) is 25.5 Å². The second kappa shape index (κ2) is 5.80. The smallest absolute Gasteiger partial charge is 0.253 e. The molecule has 1 atom stereocenters. The maximum Gasteiger partial charge on any atom is 0.253 e. The van der Waals surface area contributed by atoms with E-state index in [1.807, 2.05) is 19.9 Å². The van der Waals surface area contributed by atoms with Gasteiger partial charge in [0.05, 0.1) is 12.1 Å². The molecule has 0 aliphatic rings. The molecule has 0 aromatic heterocycles. The fraction of sp³-hybridized carbons (Fsp3) is 0.462. The number of carbonyl (C=O) groups is 1. The quantitative estimate of drug-likeness (QED) is 0.810. The van der Waals surface area contributed by atoms with Crippen LogP contribution in [0.1, 0.15) is 25.5 Å². The first-order valence-corrected chi connectivity index (χ1v) is 5.50. The summed E-state index contributed by atoms with van der Waals surface area (Å²) < 4.78 is 5.00. The van der Waals surface area contributed by atoms with Crippen molar-refractivity contribution in [1.29, 1.82) is 0 Å². The van der Waals surface area contributed by atoms with Crippen LogP contribution < -0.4 is 5.32 Å². The summed E-state index contributed by atoms with van der Waals surface area (Å²) in [6, 6.07) is 8.84. The fourth-order valence-corrected chi connectivity index (χ4v) is 1.59. The van der Waals surface area contributed by atoms with Crippen molar-refractivity contribution in [3.8, 4) is 0 Å². The number of aliphatic hydroxyl groups excluding tert-OH is 1. The van der Waals surface area contributed by atoms with E-state index in [0.717, 1.165) is 0 Å². The predicted molar refractivity (Wildman–Crippen MR) is 65.5 cm³/mol. The van der Waals surface area contributed by atoms with Crippen LogP contribution in [0.4, 0.5) is 0 Å². The van der Waals surface area contributed by atoms with Gasteiger partial charge in [-0.1, -0.05) is 30.3 Å². The number of hydrogen-bond donors (Lipinski definition) is 2. The Hall–Kier alpha value is -1.39. The normalized spacial score (nSPS) is 13.2. The molecule has 0 heterocycles. The van der Waals surface area contributed by atoms with E-state index in [2.05, 4.69) is 5.32 Å². The number of ether oxygens (including phenoxy) is 1. The lowest BCUT2D eigenvalue weighted by Crippen LogP contribution is -2.48. The van der Waals surface area contributed by atoms with Crippen molar-refractivity contribution in [3.05, 3.63) is 35.9 Å². The minimum absolute atomic E-state index is 0.389. The van der Waals surface area contributed by atoms with Gasteiger partial charge in [-0.15, -0.1) is 0 Å². The molecule has 0 saturated heterocycles. The predicted octanol–water partition coefficient (Wildman–Crippen LogP) is 1.26. The number of amides is 1. The molecule has 0 radical (unpaired) electrons. The second-order valence-corrected chi connectivity index (χ2v) is 4.62. The van der Waals surface area contributed by atoms with Gasteiger partial charge in [0.2, 0.25) is 0 Å². The molecule has 17 heavy (non-hydrogen) atoms. The van der Waals surface area contributed by atoms with Crippen LogP contribution in [0.3, 0.4) is 0 Å². The highest BCUT2D eigenvalue weighted by Gasteiger charge is 2.25. The van der Waals surface area contributed by atoms with E-state index in [1.165, 1.54) is 0 Å². The highest BCUT2D eigenvalue weighted by atomic mass is 16.5. The van der Waals surface area contributed by atoms with Crippen LogP contribution in [0.2, 0.25) is 0 Å². The summed E-state index contributed by atoms with van der Waals surface area (Å²) in [6.07, 6.45) is -1.15. The van der Waals surface area contributed by atoms with Crippen molar-refractivity contribution in [2.75, 3.05) is 13.7 Å². The molecule has 0 aliphatic carbocycles. The lowest BCUT2D eigenvalue weighted by atomic mass is 10.0. The maximum absolute atomic E-state index is 11.8. The number of benzene rings is 1. The summed E-state index contributed by atoms with van der Waals surface area (Å²) in [6.45, 7) is 4.07. The molecule has 2 N–H and O–H groups in total. The zero-order chi connectivity index (χ0) is 12.9. The van der Waals surface area contributed by atoms with Crippen LogP contribution in [-0.4, -0.2) is 30.3 Å². The summed E-state index contributed by atoms with van der Waals surface area (Å²) >= 11 is 0. The van der Waals surface area contributed by atoms with Crippen molar-refractivity contribution in [2.24, 2.45) is 0 Å². The van der Waals surface area contributed by atoms with Crippen LogP contribution >= 0.6 is 0 Å². The highest BCUT2D eigenvalue weighted by molar-refractivity contribution is 5.82. The Morgan fingerprint density at radius 2 is 2.00 bits per heavy atom.